The van der Waals surface area contributed by atoms with Crippen LogP contribution in [0.3, 0.4) is 0 Å². The van der Waals surface area contributed by atoms with Gasteiger partial charge in [-0.2, -0.15) is 0 Å². The van der Waals surface area contributed by atoms with Crippen LogP contribution >= 0.6 is 0 Å². The maximum Gasteiger partial charge on any atom is 0.0799 e. The summed E-state index contributed by atoms with van der Waals surface area (Å²) in [6, 6.07) is 46.5. The molecule has 0 aliphatic heterocycles. The van der Waals surface area contributed by atoms with Crippen molar-refractivity contribution >= 4 is 13.3 Å². The number of hydrogen-bond donors (Lipinski definition) is 0. The van der Waals surface area contributed by atoms with Gasteiger partial charge >= 0.3 is 0 Å². The molecule has 4 heteroatoms. The number of nitrogens with zero attached hydrogens (tertiary/aromatic N) is 2. The summed E-state index contributed by atoms with van der Waals surface area (Å²) in [7, 11) is -1.40. The molecule has 0 aliphatic carbocycles. The zero-order valence-electron chi connectivity index (χ0n) is 29.4. The van der Waals surface area contributed by atoms with Crippen LogP contribution in [0.5, 0.6) is 0 Å². The summed E-state index contributed by atoms with van der Waals surface area (Å²) in [5, 5.41) is 1.46. The van der Waals surface area contributed by atoms with E-state index in [4.69, 9.17) is 9.97 Å². The molecule has 0 unspecified atom stereocenters. The first-order valence-corrected chi connectivity index (χ1v) is 20.0. The van der Waals surface area contributed by atoms with Crippen molar-refractivity contribution in [2.75, 3.05) is 0 Å². The van der Waals surface area contributed by atoms with E-state index in [0.717, 1.165) is 22.5 Å². The van der Waals surface area contributed by atoms with E-state index in [0.29, 0.717) is 5.92 Å². The summed E-state index contributed by atoms with van der Waals surface area (Å²) in [6.45, 7) is 18.3. The summed E-state index contributed by atoms with van der Waals surface area (Å²) in [5.74, 6) is 0.501. The van der Waals surface area contributed by atoms with Gasteiger partial charge in [0.15, 0.2) is 0 Å². The van der Waals surface area contributed by atoms with Crippen LogP contribution in [-0.2, 0) is 25.5 Å². The quantitative estimate of drug-likeness (QED) is 0.118. The first kappa shape index (κ1) is 36.9. The SMILES string of the molecule is CC(C)c1cc(-c2[c-]ccc(-c3ccccc3)c2)ncc1[Si](C)(C)C.Cc1cc(C(C)(C)c2ccccc2)cnc1-c1[c-]cccc1.[Ir]. The van der Waals surface area contributed by atoms with Gasteiger partial charge in [0.2, 0.25) is 0 Å². The third-order valence-electron chi connectivity index (χ3n) is 8.81. The molecule has 0 N–H and O–H groups in total. The molecule has 0 saturated carbocycles. The average molecular weight is 823 g/mol. The number of hydrogen-bond acceptors (Lipinski definition) is 2. The maximum absolute atomic E-state index is 4.80. The van der Waals surface area contributed by atoms with Gasteiger partial charge in [-0.3, -0.25) is 0 Å². The van der Waals surface area contributed by atoms with Crippen LogP contribution < -0.4 is 5.19 Å². The fourth-order valence-electron chi connectivity index (χ4n) is 5.91. The van der Waals surface area contributed by atoms with Crippen molar-refractivity contribution in [1.82, 2.24) is 9.97 Å². The zero-order valence-corrected chi connectivity index (χ0v) is 32.8. The molecule has 1 radical (unpaired) electrons. The minimum Gasteiger partial charge on any atom is -0.305 e. The molecule has 0 spiro atoms. The van der Waals surface area contributed by atoms with Crippen LogP contribution in [0.25, 0.3) is 33.6 Å². The van der Waals surface area contributed by atoms with Crippen LogP contribution in [0.2, 0.25) is 19.6 Å². The smallest absolute Gasteiger partial charge is 0.0799 e. The number of benzene rings is 4. The van der Waals surface area contributed by atoms with Crippen LogP contribution in [0, 0.1) is 19.1 Å². The summed E-state index contributed by atoms with van der Waals surface area (Å²) in [6.07, 6.45) is 4.11. The molecule has 2 heterocycles. The normalized spacial score (nSPS) is 11.4. The van der Waals surface area contributed by atoms with Crippen LogP contribution in [0.15, 0.2) is 128 Å². The second-order valence-corrected chi connectivity index (χ2v) is 19.1. The van der Waals surface area contributed by atoms with Crippen LogP contribution in [0.1, 0.15) is 55.9 Å². The molecule has 0 bridgehead atoms. The van der Waals surface area contributed by atoms with E-state index in [-0.39, 0.29) is 25.5 Å². The minimum atomic E-state index is -1.40. The minimum absolute atomic E-state index is 0. The topological polar surface area (TPSA) is 25.8 Å². The van der Waals surface area contributed by atoms with Gasteiger partial charge in [0, 0.05) is 37.9 Å². The van der Waals surface area contributed by atoms with Crippen molar-refractivity contribution in [3.05, 3.63) is 162 Å². The summed E-state index contributed by atoms with van der Waals surface area (Å²) in [4.78, 5) is 9.51. The Balaban J connectivity index is 0.000000214. The fourth-order valence-corrected chi connectivity index (χ4v) is 7.59. The third-order valence-corrected chi connectivity index (χ3v) is 10.8. The first-order valence-electron chi connectivity index (χ1n) is 16.5. The van der Waals surface area contributed by atoms with Crippen molar-refractivity contribution in [3.63, 3.8) is 0 Å². The molecule has 0 amide bonds. The number of aromatic nitrogens is 2. The number of aryl methyl sites for hydroxylation is 1. The average Bonchev–Trinajstić information content (AvgIpc) is 3.09. The third kappa shape index (κ3) is 8.74. The van der Waals surface area contributed by atoms with Crippen molar-refractivity contribution in [1.29, 1.82) is 0 Å². The second-order valence-electron chi connectivity index (χ2n) is 14.1. The summed E-state index contributed by atoms with van der Waals surface area (Å²) < 4.78 is 0. The molecule has 0 saturated heterocycles. The van der Waals surface area contributed by atoms with E-state index in [1.807, 2.05) is 36.5 Å². The fraction of sp³-hybridized carbons (Fsp3) is 0.227. The van der Waals surface area contributed by atoms with Gasteiger partial charge in [0.05, 0.1) is 8.07 Å². The van der Waals surface area contributed by atoms with E-state index in [1.165, 1.54) is 38.6 Å². The molecule has 4 aromatic carbocycles. The number of pyridine rings is 2. The Morgan fingerprint density at radius 2 is 1.29 bits per heavy atom. The zero-order chi connectivity index (χ0) is 33.6. The van der Waals surface area contributed by atoms with E-state index in [1.54, 1.807) is 0 Å². The van der Waals surface area contributed by atoms with Crippen molar-refractivity contribution in [2.45, 2.75) is 65.6 Å². The Labute approximate surface area is 303 Å². The molecule has 0 atom stereocenters. The Bertz CT molecular complexity index is 1910. The first-order chi connectivity index (χ1) is 22.4. The Hall–Kier alpha value is -3.95. The molecule has 2 nitrogen and oxygen atoms in total. The molecule has 48 heavy (non-hydrogen) atoms. The van der Waals surface area contributed by atoms with E-state index in [9.17, 15) is 0 Å². The predicted molar refractivity (Wildman–Crippen MR) is 203 cm³/mol. The number of rotatable bonds is 7. The van der Waals surface area contributed by atoms with E-state index >= 15 is 0 Å². The Morgan fingerprint density at radius 3 is 1.90 bits per heavy atom. The monoisotopic (exact) mass is 823 g/mol. The Kier molecular flexibility index (Phi) is 12.3. The van der Waals surface area contributed by atoms with E-state index in [2.05, 4.69) is 158 Å². The molecule has 6 aromatic rings. The molecule has 0 fully saturated rings. The van der Waals surface area contributed by atoms with Crippen molar-refractivity contribution < 1.29 is 20.1 Å². The molecule has 2 aromatic heterocycles. The van der Waals surface area contributed by atoms with Gasteiger partial charge in [-0.25, -0.2) is 0 Å². The van der Waals surface area contributed by atoms with Gasteiger partial charge in [0.1, 0.15) is 0 Å². The molecule has 0 aliphatic rings. The van der Waals surface area contributed by atoms with Crippen molar-refractivity contribution in [3.8, 4) is 33.6 Å². The van der Waals surface area contributed by atoms with E-state index < -0.39 is 8.07 Å². The second kappa shape index (κ2) is 16.0. The van der Waals surface area contributed by atoms with Gasteiger partial charge in [0.25, 0.3) is 0 Å². The summed E-state index contributed by atoms with van der Waals surface area (Å²) in [5.41, 5.74) is 11.7. The molecular formula is C44H46IrN2Si-2. The van der Waals surface area contributed by atoms with Gasteiger partial charge < -0.3 is 9.97 Å². The van der Waals surface area contributed by atoms with Gasteiger partial charge in [-0.1, -0.05) is 131 Å². The molecular weight excluding hydrogens is 777 g/mol. The standard InChI is InChI=1S/C23H26NSi.C21H20N.Ir/c1-17(2)21-15-22(24-16-23(21)25(3,4)5)20-13-9-12-19(14-20)18-10-7-6-8-11-18;1-16-14-19(21(2,3)18-12-8-5-9-13-18)15-22-20(16)17-10-6-4-7-11-17;/h6-12,14-17H,1-5H3;4-10,12-15H,1-3H3;/q2*-1;. The molecule has 6 rings (SSSR count). The predicted octanol–water partition coefficient (Wildman–Crippen LogP) is 11.1. The van der Waals surface area contributed by atoms with Gasteiger partial charge in [-0.15, -0.1) is 71.3 Å². The maximum atomic E-state index is 4.80. The van der Waals surface area contributed by atoms with Crippen LogP contribution in [-0.4, -0.2) is 18.0 Å². The summed E-state index contributed by atoms with van der Waals surface area (Å²) >= 11 is 0. The van der Waals surface area contributed by atoms with Crippen molar-refractivity contribution in [2.24, 2.45) is 0 Å². The molecule has 247 valence electrons. The van der Waals surface area contributed by atoms with Crippen LogP contribution in [0.4, 0.5) is 0 Å². The largest absolute Gasteiger partial charge is 0.305 e. The van der Waals surface area contributed by atoms with Gasteiger partial charge in [-0.05, 0) is 46.1 Å². The Morgan fingerprint density at radius 1 is 0.646 bits per heavy atom.